The first-order valence-electron chi connectivity index (χ1n) is 7.12. The molecule has 0 aliphatic heterocycles. The number of rotatable bonds is 4. The van der Waals surface area contributed by atoms with Crippen LogP contribution in [0, 0.1) is 6.92 Å². The molecule has 0 aromatic heterocycles. The number of fused-ring (bicyclic) bond motifs is 1. The van der Waals surface area contributed by atoms with Crippen LogP contribution in [0.2, 0.25) is 0 Å². The zero-order valence-electron chi connectivity index (χ0n) is 12.2. The van der Waals surface area contributed by atoms with E-state index in [9.17, 15) is 0 Å². The van der Waals surface area contributed by atoms with E-state index < -0.39 is 0 Å². The smallest absolute Gasteiger partial charge is 0.129 e. The molecule has 0 spiro atoms. The summed E-state index contributed by atoms with van der Waals surface area (Å²) in [6.45, 7) is 6.11. The van der Waals surface area contributed by atoms with Crippen molar-refractivity contribution in [3.63, 3.8) is 0 Å². The molecule has 1 nitrogen and oxygen atoms in total. The van der Waals surface area contributed by atoms with E-state index in [-0.39, 0.29) is 0 Å². The summed E-state index contributed by atoms with van der Waals surface area (Å²) in [5.74, 6) is 1.64. The van der Waals surface area contributed by atoms with Crippen LogP contribution in [0.15, 0.2) is 79.1 Å². The van der Waals surface area contributed by atoms with Gasteiger partial charge in [0.05, 0.1) is 0 Å². The highest BCUT2D eigenvalue weighted by Crippen LogP contribution is 2.23. The number of ether oxygens (including phenoxy) is 1. The molecular formula is C20H18O. The maximum Gasteiger partial charge on any atom is 0.129 e. The van der Waals surface area contributed by atoms with Crippen molar-refractivity contribution in [3.8, 4) is 5.75 Å². The molecule has 21 heavy (non-hydrogen) atoms. The minimum absolute atomic E-state index is 0.718. The molecule has 0 amide bonds. The van der Waals surface area contributed by atoms with Gasteiger partial charge < -0.3 is 4.74 Å². The van der Waals surface area contributed by atoms with Crippen LogP contribution in [-0.2, 0) is 6.42 Å². The number of hydrogen-bond acceptors (Lipinski definition) is 1. The second kappa shape index (κ2) is 5.84. The Morgan fingerprint density at radius 3 is 2.48 bits per heavy atom. The Balaban J connectivity index is 1.82. The fourth-order valence-corrected chi connectivity index (χ4v) is 2.52. The van der Waals surface area contributed by atoms with Crippen molar-refractivity contribution in [3.05, 3.63) is 90.2 Å². The van der Waals surface area contributed by atoms with Crippen molar-refractivity contribution in [1.29, 1.82) is 0 Å². The van der Waals surface area contributed by atoms with E-state index in [0.29, 0.717) is 0 Å². The monoisotopic (exact) mass is 274 g/mol. The summed E-state index contributed by atoms with van der Waals surface area (Å²) in [6.07, 6.45) is 0.718. The minimum atomic E-state index is 0.718. The lowest BCUT2D eigenvalue weighted by Crippen LogP contribution is -1.99. The predicted molar refractivity (Wildman–Crippen MR) is 88.6 cm³/mol. The molecule has 0 radical (unpaired) electrons. The molecule has 0 saturated heterocycles. The minimum Gasteiger partial charge on any atom is -0.462 e. The molecule has 0 atom stereocenters. The van der Waals surface area contributed by atoms with Crippen molar-refractivity contribution >= 4 is 10.8 Å². The lowest BCUT2D eigenvalue weighted by atomic mass is 10.0. The number of hydrogen-bond donors (Lipinski definition) is 0. The summed E-state index contributed by atoms with van der Waals surface area (Å²) in [5, 5.41) is 2.51. The van der Waals surface area contributed by atoms with Crippen LogP contribution in [0.25, 0.3) is 10.8 Å². The summed E-state index contributed by atoms with van der Waals surface area (Å²) < 4.78 is 5.90. The zero-order chi connectivity index (χ0) is 14.7. The lowest BCUT2D eigenvalue weighted by Gasteiger charge is -2.12. The van der Waals surface area contributed by atoms with E-state index in [1.807, 2.05) is 31.2 Å². The van der Waals surface area contributed by atoms with Gasteiger partial charge in [0.2, 0.25) is 0 Å². The number of aryl methyl sites for hydroxylation is 1. The van der Waals surface area contributed by atoms with Gasteiger partial charge in [-0.2, -0.15) is 0 Å². The molecule has 1 heteroatoms. The average molecular weight is 274 g/mol. The highest BCUT2D eigenvalue weighted by Gasteiger charge is 2.05. The molecule has 0 fully saturated rings. The second-order valence-corrected chi connectivity index (χ2v) is 5.22. The van der Waals surface area contributed by atoms with Gasteiger partial charge in [0, 0.05) is 6.42 Å². The van der Waals surface area contributed by atoms with Crippen LogP contribution in [0.1, 0.15) is 11.1 Å². The highest BCUT2D eigenvalue weighted by atomic mass is 16.5. The second-order valence-electron chi connectivity index (χ2n) is 5.22. The molecule has 0 N–H and O–H groups in total. The Morgan fingerprint density at radius 2 is 1.62 bits per heavy atom. The van der Waals surface area contributed by atoms with Crippen LogP contribution in [0.4, 0.5) is 0 Å². The van der Waals surface area contributed by atoms with Gasteiger partial charge in [0.15, 0.2) is 0 Å². The van der Waals surface area contributed by atoms with Crippen molar-refractivity contribution in [2.24, 2.45) is 0 Å². The summed E-state index contributed by atoms with van der Waals surface area (Å²) >= 11 is 0. The Bertz CT molecular complexity index is 781. The molecule has 3 aromatic rings. The van der Waals surface area contributed by atoms with Gasteiger partial charge in [-0.1, -0.05) is 67.2 Å². The number of allylic oxidation sites excluding steroid dienone is 1. The fourth-order valence-electron chi connectivity index (χ4n) is 2.52. The largest absolute Gasteiger partial charge is 0.462 e. The quantitative estimate of drug-likeness (QED) is 0.588. The Morgan fingerprint density at radius 1 is 0.905 bits per heavy atom. The molecule has 104 valence electrons. The lowest BCUT2D eigenvalue weighted by molar-refractivity contribution is 0.413. The van der Waals surface area contributed by atoms with Gasteiger partial charge in [-0.15, -0.1) is 0 Å². The summed E-state index contributed by atoms with van der Waals surface area (Å²) in [5.41, 5.74) is 2.36. The van der Waals surface area contributed by atoms with Crippen LogP contribution < -0.4 is 4.74 Å². The molecule has 0 aliphatic rings. The maximum absolute atomic E-state index is 5.90. The van der Waals surface area contributed by atoms with Gasteiger partial charge in [-0.05, 0) is 34.9 Å². The van der Waals surface area contributed by atoms with Gasteiger partial charge in [0.1, 0.15) is 11.5 Å². The fraction of sp³-hybridized carbons (Fsp3) is 0.100. The first-order valence-corrected chi connectivity index (χ1v) is 7.12. The van der Waals surface area contributed by atoms with Gasteiger partial charge in [-0.3, -0.25) is 0 Å². The topological polar surface area (TPSA) is 9.23 Å². The van der Waals surface area contributed by atoms with Crippen molar-refractivity contribution in [2.45, 2.75) is 13.3 Å². The number of para-hydroxylation sites is 1. The Labute approximate surface area is 125 Å². The molecule has 3 rings (SSSR count). The van der Waals surface area contributed by atoms with Crippen molar-refractivity contribution in [2.75, 3.05) is 0 Å². The predicted octanol–water partition coefficient (Wildman–Crippen LogP) is 5.28. The molecule has 0 aliphatic carbocycles. The van der Waals surface area contributed by atoms with Crippen LogP contribution in [-0.4, -0.2) is 0 Å². The molecule has 3 aromatic carbocycles. The first-order chi connectivity index (χ1) is 10.2. The van der Waals surface area contributed by atoms with E-state index in [4.69, 9.17) is 4.74 Å². The average Bonchev–Trinajstić information content (AvgIpc) is 2.50. The van der Waals surface area contributed by atoms with Crippen molar-refractivity contribution in [1.82, 2.24) is 0 Å². The maximum atomic E-state index is 5.90. The van der Waals surface area contributed by atoms with E-state index in [2.05, 4.69) is 49.0 Å². The van der Waals surface area contributed by atoms with Gasteiger partial charge in [-0.25, -0.2) is 0 Å². The van der Waals surface area contributed by atoms with E-state index in [0.717, 1.165) is 23.5 Å². The van der Waals surface area contributed by atoms with Crippen LogP contribution in [0.5, 0.6) is 5.75 Å². The highest BCUT2D eigenvalue weighted by molar-refractivity contribution is 5.85. The third kappa shape index (κ3) is 2.97. The van der Waals surface area contributed by atoms with Crippen LogP contribution in [0.3, 0.4) is 0 Å². The molecule has 0 bridgehead atoms. The third-order valence-electron chi connectivity index (χ3n) is 3.62. The summed E-state index contributed by atoms with van der Waals surface area (Å²) in [7, 11) is 0. The standard InChI is InChI=1S/C20H18O/c1-15-8-3-6-13-20(15)21-16(2)14-18-11-7-10-17-9-4-5-12-19(17)18/h3-13H,2,14H2,1H3. The summed E-state index contributed by atoms with van der Waals surface area (Å²) in [4.78, 5) is 0. The normalized spacial score (nSPS) is 10.5. The molecular weight excluding hydrogens is 256 g/mol. The van der Waals surface area contributed by atoms with Gasteiger partial charge >= 0.3 is 0 Å². The van der Waals surface area contributed by atoms with E-state index in [1.165, 1.54) is 16.3 Å². The SMILES string of the molecule is C=C(Cc1cccc2ccccc12)Oc1ccccc1C. The Kier molecular flexibility index (Phi) is 3.74. The molecule has 0 heterocycles. The molecule has 0 unspecified atom stereocenters. The summed E-state index contributed by atoms with van der Waals surface area (Å²) in [6, 6.07) is 22.8. The van der Waals surface area contributed by atoms with Crippen LogP contribution >= 0.6 is 0 Å². The zero-order valence-corrected chi connectivity index (χ0v) is 12.2. The molecule has 0 saturated carbocycles. The third-order valence-corrected chi connectivity index (χ3v) is 3.62. The van der Waals surface area contributed by atoms with E-state index in [1.54, 1.807) is 0 Å². The Hall–Kier alpha value is -2.54. The number of benzene rings is 3. The first kappa shape index (κ1) is 13.4. The van der Waals surface area contributed by atoms with Gasteiger partial charge in [0.25, 0.3) is 0 Å². The van der Waals surface area contributed by atoms with E-state index >= 15 is 0 Å². The van der Waals surface area contributed by atoms with Crippen molar-refractivity contribution < 1.29 is 4.74 Å².